The van der Waals surface area contributed by atoms with Crippen LogP contribution in [-0.2, 0) is 19.0 Å². The third-order valence-corrected chi connectivity index (χ3v) is 4.65. The quantitative estimate of drug-likeness (QED) is 0.455. The zero-order chi connectivity index (χ0) is 19.8. The summed E-state index contributed by atoms with van der Waals surface area (Å²) in [6.07, 6.45) is -4.92. The Morgan fingerprint density at radius 3 is 2.38 bits per heavy atom. The highest BCUT2D eigenvalue weighted by Crippen LogP contribution is 2.54. The maximum absolute atomic E-state index is 14.7. The van der Waals surface area contributed by atoms with Gasteiger partial charge < -0.3 is 19.3 Å². The highest BCUT2D eigenvalue weighted by atomic mass is 19.4. The van der Waals surface area contributed by atoms with Gasteiger partial charge in [0.05, 0.1) is 0 Å². The molecule has 2 aliphatic rings. The Balaban J connectivity index is 2.39. The number of carbonyl (C=O) groups excluding carboxylic acids is 1. The van der Waals surface area contributed by atoms with Crippen LogP contribution < -0.4 is 0 Å². The standard InChI is InChI=1S/C16H21F5O5/c1-3-11(22)24-9-13(2)25-12(10-7-5-4-6-8-10)14(17,18)15(23,26-13)16(19,20)21/h3,10,12,23H,1,4-9H2,2H3. The molecule has 1 N–H and O–H groups in total. The SMILES string of the molecule is C=CC(=O)OCC1(C)OC(C2CCCCC2)C(F)(F)C(O)(C(F)(F)F)O1. The molecule has 1 saturated heterocycles. The van der Waals surface area contributed by atoms with Crippen molar-refractivity contribution in [1.82, 2.24) is 0 Å². The summed E-state index contributed by atoms with van der Waals surface area (Å²) in [5.41, 5.74) is 0. The fraction of sp³-hybridized carbons (Fsp3) is 0.812. The Morgan fingerprint density at radius 2 is 1.88 bits per heavy atom. The molecule has 0 radical (unpaired) electrons. The minimum absolute atomic E-state index is 0.233. The smallest absolute Gasteiger partial charge is 0.449 e. The molecule has 5 nitrogen and oxygen atoms in total. The van der Waals surface area contributed by atoms with E-state index in [9.17, 15) is 31.9 Å². The molecule has 0 spiro atoms. The molecular formula is C16H21F5O5. The van der Waals surface area contributed by atoms with E-state index in [1.807, 2.05) is 0 Å². The van der Waals surface area contributed by atoms with Gasteiger partial charge in [0.1, 0.15) is 12.7 Å². The first kappa shape index (κ1) is 21.0. The maximum atomic E-state index is 14.7. The highest BCUT2D eigenvalue weighted by molar-refractivity contribution is 5.81. The van der Waals surface area contributed by atoms with Crippen molar-refractivity contribution in [2.75, 3.05) is 6.61 Å². The van der Waals surface area contributed by atoms with Crippen molar-refractivity contribution in [3.05, 3.63) is 12.7 Å². The minimum Gasteiger partial charge on any atom is -0.457 e. The van der Waals surface area contributed by atoms with Gasteiger partial charge in [-0.2, -0.15) is 22.0 Å². The maximum Gasteiger partial charge on any atom is 0.449 e. The van der Waals surface area contributed by atoms with Crippen LogP contribution in [0.5, 0.6) is 0 Å². The molecule has 0 aromatic rings. The monoisotopic (exact) mass is 388 g/mol. The molecule has 0 aromatic carbocycles. The zero-order valence-electron chi connectivity index (χ0n) is 14.2. The normalized spacial score (nSPS) is 35.7. The highest BCUT2D eigenvalue weighted by Gasteiger charge is 2.79. The summed E-state index contributed by atoms with van der Waals surface area (Å²) in [7, 11) is 0. The van der Waals surface area contributed by atoms with E-state index in [1.54, 1.807) is 0 Å². The number of aliphatic hydroxyl groups is 1. The molecule has 1 heterocycles. The van der Waals surface area contributed by atoms with Gasteiger partial charge >= 0.3 is 23.9 Å². The molecular weight excluding hydrogens is 367 g/mol. The molecule has 1 aliphatic carbocycles. The second kappa shape index (κ2) is 7.05. The zero-order valence-corrected chi connectivity index (χ0v) is 14.2. The van der Waals surface area contributed by atoms with E-state index in [0.29, 0.717) is 12.8 Å². The van der Waals surface area contributed by atoms with Crippen LogP contribution in [0.3, 0.4) is 0 Å². The van der Waals surface area contributed by atoms with Crippen LogP contribution in [0.25, 0.3) is 0 Å². The summed E-state index contributed by atoms with van der Waals surface area (Å²) in [5.74, 6) is -13.8. The molecule has 150 valence electrons. The van der Waals surface area contributed by atoms with Crippen LogP contribution >= 0.6 is 0 Å². The average molecular weight is 388 g/mol. The molecule has 26 heavy (non-hydrogen) atoms. The van der Waals surface area contributed by atoms with Crippen LogP contribution in [0.2, 0.25) is 0 Å². The van der Waals surface area contributed by atoms with Crippen molar-refractivity contribution < 1.29 is 46.1 Å². The molecule has 1 saturated carbocycles. The summed E-state index contributed by atoms with van der Waals surface area (Å²) in [6, 6.07) is 0. The van der Waals surface area contributed by atoms with Gasteiger partial charge in [-0.15, -0.1) is 0 Å². The van der Waals surface area contributed by atoms with Gasteiger partial charge in [-0.3, -0.25) is 0 Å². The van der Waals surface area contributed by atoms with Crippen molar-refractivity contribution >= 4 is 5.97 Å². The Bertz CT molecular complexity index is 546. The van der Waals surface area contributed by atoms with Crippen molar-refractivity contribution in [2.45, 2.75) is 68.8 Å². The Kier molecular flexibility index (Phi) is 5.70. The molecule has 2 rings (SSSR count). The van der Waals surface area contributed by atoms with E-state index in [2.05, 4.69) is 16.1 Å². The summed E-state index contributed by atoms with van der Waals surface area (Å²) in [5, 5.41) is 9.86. The number of carbonyl (C=O) groups is 1. The molecule has 10 heteroatoms. The van der Waals surface area contributed by atoms with Gasteiger partial charge in [-0.05, 0) is 25.7 Å². The summed E-state index contributed by atoms with van der Waals surface area (Å²) in [6.45, 7) is 3.11. The predicted octanol–water partition coefficient (Wildman–Crippen LogP) is 3.31. The van der Waals surface area contributed by atoms with E-state index in [1.165, 1.54) is 0 Å². The van der Waals surface area contributed by atoms with Crippen LogP contribution in [-0.4, -0.2) is 47.5 Å². The van der Waals surface area contributed by atoms with Crippen LogP contribution in [0.4, 0.5) is 22.0 Å². The second-order valence-electron chi connectivity index (χ2n) is 6.75. The van der Waals surface area contributed by atoms with Crippen molar-refractivity contribution in [1.29, 1.82) is 0 Å². The van der Waals surface area contributed by atoms with Crippen molar-refractivity contribution in [2.24, 2.45) is 5.92 Å². The molecule has 0 amide bonds. The summed E-state index contributed by atoms with van der Waals surface area (Å²) >= 11 is 0. The molecule has 0 aromatic heterocycles. The first-order valence-electron chi connectivity index (χ1n) is 8.20. The van der Waals surface area contributed by atoms with E-state index in [-0.39, 0.29) is 12.8 Å². The number of hydrogen-bond acceptors (Lipinski definition) is 5. The van der Waals surface area contributed by atoms with Gasteiger partial charge in [-0.25, -0.2) is 4.79 Å². The Morgan fingerprint density at radius 1 is 1.31 bits per heavy atom. The molecule has 3 atom stereocenters. The first-order chi connectivity index (χ1) is 11.9. The fourth-order valence-electron chi connectivity index (χ4n) is 3.34. The molecule has 0 bridgehead atoms. The van der Waals surface area contributed by atoms with Gasteiger partial charge in [-0.1, -0.05) is 25.8 Å². The second-order valence-corrected chi connectivity index (χ2v) is 6.75. The Hall–Kier alpha value is -1.26. The molecule has 2 fully saturated rings. The van der Waals surface area contributed by atoms with Crippen LogP contribution in [0.1, 0.15) is 39.0 Å². The van der Waals surface area contributed by atoms with Crippen molar-refractivity contribution in [3.63, 3.8) is 0 Å². The van der Waals surface area contributed by atoms with Gasteiger partial charge in [0, 0.05) is 6.08 Å². The van der Waals surface area contributed by atoms with E-state index in [0.717, 1.165) is 19.4 Å². The number of rotatable bonds is 4. The minimum atomic E-state index is -5.79. The first-order valence-corrected chi connectivity index (χ1v) is 8.20. The van der Waals surface area contributed by atoms with Gasteiger partial charge in [0.25, 0.3) is 0 Å². The largest absolute Gasteiger partial charge is 0.457 e. The fourth-order valence-corrected chi connectivity index (χ4v) is 3.34. The third kappa shape index (κ3) is 3.72. The van der Waals surface area contributed by atoms with E-state index in [4.69, 9.17) is 4.74 Å². The topological polar surface area (TPSA) is 65.0 Å². The number of alkyl halides is 5. The van der Waals surface area contributed by atoms with E-state index >= 15 is 0 Å². The van der Waals surface area contributed by atoms with Crippen LogP contribution in [0, 0.1) is 5.92 Å². The molecule has 1 aliphatic heterocycles. The lowest BCUT2D eigenvalue weighted by Crippen LogP contribution is -2.74. The lowest BCUT2D eigenvalue weighted by atomic mass is 9.80. The van der Waals surface area contributed by atoms with E-state index < -0.39 is 48.3 Å². The summed E-state index contributed by atoms with van der Waals surface area (Å²) in [4.78, 5) is 11.2. The van der Waals surface area contributed by atoms with Crippen LogP contribution in [0.15, 0.2) is 12.7 Å². The average Bonchev–Trinajstić information content (AvgIpc) is 2.56. The summed E-state index contributed by atoms with van der Waals surface area (Å²) < 4.78 is 83.4. The van der Waals surface area contributed by atoms with Gasteiger partial charge in [0.15, 0.2) is 0 Å². The number of esters is 1. The third-order valence-electron chi connectivity index (χ3n) is 4.65. The van der Waals surface area contributed by atoms with Crippen molar-refractivity contribution in [3.8, 4) is 0 Å². The predicted molar refractivity (Wildman–Crippen MR) is 78.0 cm³/mol. The lowest BCUT2D eigenvalue weighted by Gasteiger charge is -2.52. The number of halogens is 5. The molecule has 3 unspecified atom stereocenters. The van der Waals surface area contributed by atoms with Gasteiger partial charge in [0.2, 0.25) is 5.79 Å². The number of hydrogen-bond donors (Lipinski definition) is 1. The lowest BCUT2D eigenvalue weighted by molar-refractivity contribution is -0.532. The Labute approximate surface area is 147 Å². The number of ether oxygens (including phenoxy) is 3.